The van der Waals surface area contributed by atoms with Crippen molar-refractivity contribution in [1.82, 2.24) is 44.9 Å². The number of nitrogens with one attached hydrogen (secondary N) is 4. The fourth-order valence-corrected chi connectivity index (χ4v) is 11.0. The van der Waals surface area contributed by atoms with E-state index in [0.29, 0.717) is 64.7 Å². The van der Waals surface area contributed by atoms with Gasteiger partial charge in [-0.05, 0) is 72.7 Å². The van der Waals surface area contributed by atoms with Gasteiger partial charge < -0.3 is 50.4 Å². The Morgan fingerprint density at radius 2 is 1.51 bits per heavy atom. The molecule has 0 bridgehead atoms. The maximum absolute atomic E-state index is 14.0. The molecule has 3 fully saturated rings. The van der Waals surface area contributed by atoms with E-state index in [1.54, 1.807) is 11.3 Å². The number of rotatable bonds is 24. The first-order valence-corrected chi connectivity index (χ1v) is 27.5. The number of thiazole rings is 1. The molecule has 1 saturated carbocycles. The Morgan fingerprint density at radius 1 is 0.813 bits per heavy atom. The molecule has 75 heavy (non-hydrogen) atoms. The van der Waals surface area contributed by atoms with Gasteiger partial charge >= 0.3 is 0 Å². The van der Waals surface area contributed by atoms with E-state index in [9.17, 15) is 14.7 Å². The Balaban J connectivity index is 0.623. The van der Waals surface area contributed by atoms with Gasteiger partial charge in [0.05, 0.1) is 74.1 Å². The van der Waals surface area contributed by atoms with E-state index >= 15 is 0 Å². The fraction of sp³-hybridized carbons (Fsp3) is 0.500. The SMILES string of the molecule is Cc1ncsc1-c1ccc(CNC(=O)[C@@H]2C[C@@H](O)CN2C(=O)[C@@H](NCCOCCOCCOCCN2CCN(c3ccc(Nc4ncc5nc(Nc6ccccc6)n(C6CCCC6)c5n4)cc3)CC2)C(C)(C)C)cc1. The zero-order chi connectivity index (χ0) is 52.2. The van der Waals surface area contributed by atoms with Crippen molar-refractivity contribution < 1.29 is 28.9 Å². The van der Waals surface area contributed by atoms with Crippen LogP contribution in [-0.4, -0.2) is 155 Å². The second kappa shape index (κ2) is 25.7. The Kier molecular flexibility index (Phi) is 18.4. The van der Waals surface area contributed by atoms with Gasteiger partial charge in [0, 0.05) is 81.9 Å². The van der Waals surface area contributed by atoms with Gasteiger partial charge in [-0.15, -0.1) is 11.3 Å². The second-order valence-electron chi connectivity index (χ2n) is 20.8. The number of carbonyl (C=O) groups is 2. The summed E-state index contributed by atoms with van der Waals surface area (Å²) in [6, 6.07) is 25.7. The zero-order valence-corrected chi connectivity index (χ0v) is 44.7. The lowest BCUT2D eigenvalue weighted by atomic mass is 9.85. The molecule has 5 heterocycles. The first kappa shape index (κ1) is 53.8. The average Bonchev–Trinajstić information content (AvgIpc) is 4.25. The number of carbonyl (C=O) groups excluding carboxylic acids is 2. The predicted octanol–water partition coefficient (Wildman–Crippen LogP) is 7.31. The van der Waals surface area contributed by atoms with E-state index in [0.717, 1.165) is 95.8 Å². The molecule has 400 valence electrons. The van der Waals surface area contributed by atoms with Crippen molar-refractivity contribution in [3.8, 4) is 10.4 Å². The molecule has 0 unspecified atom stereocenters. The van der Waals surface area contributed by atoms with Crippen LogP contribution in [0.3, 0.4) is 0 Å². The number of hydrogen-bond donors (Lipinski definition) is 5. The lowest BCUT2D eigenvalue weighted by molar-refractivity contribution is -0.142. The molecule has 19 heteroatoms. The summed E-state index contributed by atoms with van der Waals surface area (Å²) in [5.41, 5.74) is 9.16. The molecule has 2 saturated heterocycles. The highest BCUT2D eigenvalue weighted by molar-refractivity contribution is 7.13. The topological polar surface area (TPSA) is 196 Å². The number of aliphatic hydroxyl groups is 1. The molecule has 18 nitrogen and oxygen atoms in total. The van der Waals surface area contributed by atoms with Crippen LogP contribution in [0.2, 0.25) is 0 Å². The monoisotopic (exact) mass is 1040 g/mol. The molecule has 3 aromatic carbocycles. The van der Waals surface area contributed by atoms with Gasteiger partial charge in [0.25, 0.3) is 0 Å². The number of piperazine rings is 1. The smallest absolute Gasteiger partial charge is 0.243 e. The van der Waals surface area contributed by atoms with Gasteiger partial charge in [-0.3, -0.25) is 19.1 Å². The second-order valence-corrected chi connectivity index (χ2v) is 21.7. The van der Waals surface area contributed by atoms with Crippen LogP contribution in [0.4, 0.5) is 29.0 Å². The number of β-amino-alcohol motifs (C(OH)–C–C–N with tert-alkyl or cyclic N) is 1. The molecule has 5 N–H and O–H groups in total. The zero-order valence-electron chi connectivity index (χ0n) is 43.9. The van der Waals surface area contributed by atoms with Gasteiger partial charge in [0.2, 0.25) is 23.7 Å². The molecule has 1 aliphatic carbocycles. The molecule has 3 atom stereocenters. The van der Waals surface area contributed by atoms with Crippen LogP contribution in [-0.2, 0) is 30.3 Å². The fourth-order valence-electron chi connectivity index (χ4n) is 10.2. The predicted molar refractivity (Wildman–Crippen MR) is 295 cm³/mol. The molecule has 0 spiro atoms. The minimum absolute atomic E-state index is 0.110. The van der Waals surface area contributed by atoms with Gasteiger partial charge in [0.1, 0.15) is 11.6 Å². The van der Waals surface area contributed by atoms with Gasteiger partial charge in [-0.2, -0.15) is 4.98 Å². The summed E-state index contributed by atoms with van der Waals surface area (Å²) in [5.74, 6) is 0.876. The maximum Gasteiger partial charge on any atom is 0.243 e. The first-order valence-electron chi connectivity index (χ1n) is 26.6. The van der Waals surface area contributed by atoms with E-state index in [4.69, 9.17) is 24.2 Å². The van der Waals surface area contributed by atoms with Crippen LogP contribution in [0, 0.1) is 12.3 Å². The van der Waals surface area contributed by atoms with Crippen LogP contribution < -0.4 is 26.2 Å². The molecule has 9 rings (SSSR count). The molecule has 6 aromatic rings. The van der Waals surface area contributed by atoms with E-state index in [1.807, 2.05) is 94.0 Å². The van der Waals surface area contributed by atoms with Gasteiger partial charge in [-0.25, -0.2) is 15.0 Å². The summed E-state index contributed by atoms with van der Waals surface area (Å²) in [5, 5.41) is 23.9. The molecule has 2 amide bonds. The number of imidazole rings is 1. The van der Waals surface area contributed by atoms with E-state index in [2.05, 4.69) is 69.9 Å². The number of benzene rings is 3. The van der Waals surface area contributed by atoms with Gasteiger partial charge in [-0.1, -0.05) is 76.1 Å². The number of para-hydroxylation sites is 1. The molecule has 3 aromatic heterocycles. The largest absolute Gasteiger partial charge is 0.391 e. The number of likely N-dealkylation sites (tertiary alicyclic amines) is 1. The van der Waals surface area contributed by atoms with Crippen molar-refractivity contribution in [1.29, 1.82) is 0 Å². The van der Waals surface area contributed by atoms with Crippen LogP contribution in [0.1, 0.15) is 70.2 Å². The van der Waals surface area contributed by atoms with Crippen LogP contribution in [0.5, 0.6) is 0 Å². The third-order valence-electron chi connectivity index (χ3n) is 14.3. The van der Waals surface area contributed by atoms with Crippen LogP contribution in [0.15, 0.2) is 90.6 Å². The van der Waals surface area contributed by atoms with Crippen molar-refractivity contribution in [2.75, 3.05) is 101 Å². The third-order valence-corrected chi connectivity index (χ3v) is 15.3. The normalized spacial score (nSPS) is 18.0. The Hall–Kier alpha value is -6.06. The maximum atomic E-state index is 14.0. The first-order chi connectivity index (χ1) is 36.5. The van der Waals surface area contributed by atoms with E-state index in [1.165, 1.54) is 23.4 Å². The number of ether oxygens (including phenoxy) is 3. The van der Waals surface area contributed by atoms with E-state index in [-0.39, 0.29) is 24.8 Å². The number of aliphatic hydroxyl groups excluding tert-OH is 1. The average molecular weight is 1040 g/mol. The Bertz CT molecular complexity index is 2760. The number of hydrogen-bond acceptors (Lipinski definition) is 16. The van der Waals surface area contributed by atoms with Crippen molar-refractivity contribution in [3.05, 3.63) is 102 Å². The summed E-state index contributed by atoms with van der Waals surface area (Å²) >= 11 is 1.60. The van der Waals surface area contributed by atoms with Crippen molar-refractivity contribution in [2.45, 2.75) is 90.6 Å². The minimum atomic E-state index is -0.772. The van der Waals surface area contributed by atoms with Gasteiger partial charge in [0.15, 0.2) is 5.65 Å². The molecular weight excluding hydrogens is 969 g/mol. The highest BCUT2D eigenvalue weighted by atomic mass is 32.1. The summed E-state index contributed by atoms with van der Waals surface area (Å²) < 4.78 is 19.8. The van der Waals surface area contributed by atoms with Crippen molar-refractivity contribution in [2.24, 2.45) is 5.41 Å². The number of anilines is 5. The summed E-state index contributed by atoms with van der Waals surface area (Å²) in [4.78, 5) is 53.8. The molecule has 0 radical (unpaired) electrons. The third kappa shape index (κ3) is 14.3. The summed E-state index contributed by atoms with van der Waals surface area (Å²) in [6.45, 7) is 16.4. The number of aromatic nitrogens is 5. The quantitative estimate of drug-likeness (QED) is 0.0378. The number of nitrogens with zero attached hydrogens (tertiary/aromatic N) is 8. The number of amides is 2. The highest BCUT2D eigenvalue weighted by Gasteiger charge is 2.43. The number of fused-ring (bicyclic) bond motifs is 1. The Morgan fingerprint density at radius 3 is 2.20 bits per heavy atom. The highest BCUT2D eigenvalue weighted by Crippen LogP contribution is 2.36. The van der Waals surface area contributed by atoms with Crippen molar-refractivity contribution >= 4 is 63.3 Å². The lowest BCUT2D eigenvalue weighted by Gasteiger charge is -2.36. The lowest BCUT2D eigenvalue weighted by Crippen LogP contribution is -2.57. The summed E-state index contributed by atoms with van der Waals surface area (Å²) in [6.07, 6.45) is 5.88. The minimum Gasteiger partial charge on any atom is -0.391 e. The van der Waals surface area contributed by atoms with Crippen LogP contribution >= 0.6 is 11.3 Å². The van der Waals surface area contributed by atoms with E-state index < -0.39 is 23.6 Å². The molecular formula is C56H74N12O6S. The molecule has 2 aliphatic heterocycles. The summed E-state index contributed by atoms with van der Waals surface area (Å²) in [7, 11) is 0. The Labute approximate surface area is 444 Å². The molecule has 3 aliphatic rings. The number of aryl methyl sites for hydroxylation is 1. The van der Waals surface area contributed by atoms with Crippen molar-refractivity contribution in [3.63, 3.8) is 0 Å². The standard InChI is InChI=1S/C56H74N12O6S/c1-39-49(75-38-60-39)41-16-14-40(15-17-41)35-58-52(70)48-34-46(69)37-67(48)53(71)50(56(2,3)4)57-22-28-72-30-32-74-33-31-73-29-27-65-23-25-66(26-24-65)44-20-18-43(19-21-44)61-54-59-36-47-51(64-54)68(45-12-8-9-13-45)55(63-47)62-42-10-6-5-7-11-42/h5-7,10-11,14-21,36,38,45-46,48,50,57,69H,8-9,12-13,22-35,37H2,1-4H3,(H,58,70)(H,62,63)(H,59,61,64)/t46-,48+,50-/m1/s1. The van der Waals surface area contributed by atoms with Crippen LogP contribution in [0.25, 0.3) is 21.6 Å².